The van der Waals surface area contributed by atoms with Gasteiger partial charge in [0, 0.05) is 31.5 Å². The fraction of sp³-hybridized carbons (Fsp3) is 0.464. The normalized spacial score (nSPS) is 22.7. The third kappa shape index (κ3) is 4.40. The van der Waals surface area contributed by atoms with E-state index in [1.54, 1.807) is 4.90 Å². The fourth-order valence-electron chi connectivity index (χ4n) is 5.83. The summed E-state index contributed by atoms with van der Waals surface area (Å²) in [5.74, 6) is -0.865. The van der Waals surface area contributed by atoms with Crippen LogP contribution in [0.1, 0.15) is 56.1 Å². The van der Waals surface area contributed by atoms with E-state index in [2.05, 4.69) is 36.5 Å². The van der Waals surface area contributed by atoms with Crippen molar-refractivity contribution in [2.45, 2.75) is 51.0 Å². The molecule has 5 rings (SSSR count). The predicted molar refractivity (Wildman–Crippen MR) is 131 cm³/mol. The summed E-state index contributed by atoms with van der Waals surface area (Å²) < 4.78 is 5.68. The number of unbranched alkanes of at least 4 members (excludes halogenated alkanes) is 1. The first kappa shape index (κ1) is 23.4. The standard InChI is InChI=1S/C28H32N2O5/c1-2-3-8-19(13-25(31)30-15-18-14-28(18,17-30)26(32)33)29-27(34)35-16-24-22-11-6-4-9-20(22)21-10-5-7-12-23(21)24/h4-7,9-12,18-19,24H,2-3,8,13-17H2,1H3,(H,29,34)(H,32,33)/t18?,19-,28?/m1/s1. The van der Waals surface area contributed by atoms with Crippen molar-refractivity contribution in [2.24, 2.45) is 11.3 Å². The van der Waals surface area contributed by atoms with E-state index in [1.807, 2.05) is 24.3 Å². The van der Waals surface area contributed by atoms with Crippen molar-refractivity contribution in [1.29, 1.82) is 0 Å². The molecule has 2 aromatic carbocycles. The number of aliphatic carboxylic acids is 1. The summed E-state index contributed by atoms with van der Waals surface area (Å²) in [6.45, 7) is 3.06. The van der Waals surface area contributed by atoms with Gasteiger partial charge in [0.05, 0.1) is 5.41 Å². The minimum Gasteiger partial charge on any atom is -0.481 e. The largest absolute Gasteiger partial charge is 0.481 e. The van der Waals surface area contributed by atoms with Crippen LogP contribution >= 0.6 is 0 Å². The van der Waals surface area contributed by atoms with Crippen LogP contribution in [0.3, 0.4) is 0 Å². The summed E-state index contributed by atoms with van der Waals surface area (Å²) in [6, 6.07) is 16.0. The molecule has 1 saturated heterocycles. The molecule has 35 heavy (non-hydrogen) atoms. The van der Waals surface area contributed by atoms with Crippen molar-refractivity contribution in [3.63, 3.8) is 0 Å². The van der Waals surface area contributed by atoms with Gasteiger partial charge >= 0.3 is 12.1 Å². The number of likely N-dealkylation sites (tertiary alicyclic amines) is 1. The summed E-state index contributed by atoms with van der Waals surface area (Å²) in [5, 5.41) is 12.4. The molecule has 3 atom stereocenters. The zero-order chi connectivity index (χ0) is 24.6. The first-order valence-electron chi connectivity index (χ1n) is 12.6. The maximum atomic E-state index is 12.9. The molecule has 2 fully saturated rings. The molecule has 2 unspecified atom stereocenters. The second-order valence-corrected chi connectivity index (χ2v) is 10.1. The molecule has 2 N–H and O–H groups in total. The number of hydrogen-bond acceptors (Lipinski definition) is 4. The molecule has 3 aliphatic rings. The van der Waals surface area contributed by atoms with Gasteiger partial charge in [-0.3, -0.25) is 9.59 Å². The average molecular weight is 477 g/mol. The minimum atomic E-state index is -0.808. The van der Waals surface area contributed by atoms with Crippen LogP contribution < -0.4 is 5.32 Å². The van der Waals surface area contributed by atoms with Crippen LogP contribution in [0.15, 0.2) is 48.5 Å². The molecular formula is C28H32N2O5. The van der Waals surface area contributed by atoms with Gasteiger partial charge in [-0.1, -0.05) is 68.3 Å². The number of amides is 2. The fourth-order valence-corrected chi connectivity index (χ4v) is 5.83. The van der Waals surface area contributed by atoms with E-state index in [4.69, 9.17) is 4.74 Å². The molecule has 184 valence electrons. The lowest BCUT2D eigenvalue weighted by atomic mass is 9.98. The molecule has 2 aromatic rings. The van der Waals surface area contributed by atoms with Gasteiger partial charge in [-0.2, -0.15) is 0 Å². The summed E-state index contributed by atoms with van der Waals surface area (Å²) in [5.41, 5.74) is 3.91. The molecule has 7 heteroatoms. The van der Waals surface area contributed by atoms with Crippen molar-refractivity contribution < 1.29 is 24.2 Å². The lowest BCUT2D eigenvalue weighted by molar-refractivity contribution is -0.144. The number of carbonyl (C=O) groups excluding carboxylic acids is 2. The topological polar surface area (TPSA) is 95.9 Å². The van der Waals surface area contributed by atoms with Gasteiger partial charge in [0.2, 0.25) is 5.91 Å². The van der Waals surface area contributed by atoms with E-state index in [-0.39, 0.29) is 43.4 Å². The lowest BCUT2D eigenvalue weighted by Crippen LogP contribution is -2.42. The second-order valence-electron chi connectivity index (χ2n) is 10.1. The third-order valence-corrected chi connectivity index (χ3v) is 7.92. The van der Waals surface area contributed by atoms with E-state index >= 15 is 0 Å². The van der Waals surface area contributed by atoms with Crippen molar-refractivity contribution in [1.82, 2.24) is 10.2 Å². The number of carboxylic acid groups (broad SMARTS) is 1. The molecule has 2 aliphatic carbocycles. The Morgan fingerprint density at radius 2 is 1.77 bits per heavy atom. The number of benzene rings is 2. The molecular weight excluding hydrogens is 444 g/mol. The Morgan fingerprint density at radius 1 is 1.11 bits per heavy atom. The van der Waals surface area contributed by atoms with Crippen molar-refractivity contribution in [2.75, 3.05) is 19.7 Å². The number of piperidine rings is 1. The highest BCUT2D eigenvalue weighted by Crippen LogP contribution is 2.58. The molecule has 0 bridgehead atoms. The molecule has 1 aliphatic heterocycles. The Morgan fingerprint density at radius 3 is 2.37 bits per heavy atom. The van der Waals surface area contributed by atoms with Crippen LogP contribution in [-0.4, -0.2) is 53.7 Å². The molecule has 1 saturated carbocycles. The first-order chi connectivity index (χ1) is 16.9. The smallest absolute Gasteiger partial charge is 0.407 e. The van der Waals surface area contributed by atoms with Crippen LogP contribution in [0.5, 0.6) is 0 Å². The van der Waals surface area contributed by atoms with Crippen molar-refractivity contribution in [3.8, 4) is 11.1 Å². The average Bonchev–Trinajstić information content (AvgIpc) is 3.28. The zero-order valence-electron chi connectivity index (χ0n) is 20.0. The number of carboxylic acids is 1. The number of carbonyl (C=O) groups is 3. The van der Waals surface area contributed by atoms with E-state index in [0.717, 1.165) is 24.0 Å². The van der Waals surface area contributed by atoms with Gasteiger partial charge in [-0.15, -0.1) is 0 Å². The monoisotopic (exact) mass is 476 g/mol. The van der Waals surface area contributed by atoms with E-state index < -0.39 is 17.5 Å². The van der Waals surface area contributed by atoms with Crippen molar-refractivity contribution >= 4 is 18.0 Å². The molecule has 2 amide bonds. The van der Waals surface area contributed by atoms with Crippen LogP contribution in [-0.2, 0) is 14.3 Å². The number of ether oxygens (including phenoxy) is 1. The Kier molecular flexibility index (Phi) is 6.26. The summed E-state index contributed by atoms with van der Waals surface area (Å²) >= 11 is 0. The van der Waals surface area contributed by atoms with Gasteiger partial charge in [0.1, 0.15) is 6.61 Å². The Labute approximate surface area is 205 Å². The highest BCUT2D eigenvalue weighted by molar-refractivity contribution is 5.84. The number of rotatable bonds is 9. The number of fused-ring (bicyclic) bond motifs is 4. The highest BCUT2D eigenvalue weighted by Gasteiger charge is 2.66. The quantitative estimate of drug-likeness (QED) is 0.559. The van der Waals surface area contributed by atoms with E-state index in [9.17, 15) is 19.5 Å². The molecule has 7 nitrogen and oxygen atoms in total. The maximum Gasteiger partial charge on any atom is 0.407 e. The van der Waals surface area contributed by atoms with E-state index in [0.29, 0.717) is 19.4 Å². The van der Waals surface area contributed by atoms with Crippen LogP contribution in [0, 0.1) is 11.3 Å². The zero-order valence-corrected chi connectivity index (χ0v) is 20.0. The number of alkyl carbamates (subject to hydrolysis) is 1. The molecule has 0 aromatic heterocycles. The Balaban J connectivity index is 1.19. The Bertz CT molecular complexity index is 1100. The Hall–Kier alpha value is -3.35. The number of nitrogens with one attached hydrogen (secondary N) is 1. The highest BCUT2D eigenvalue weighted by atomic mass is 16.5. The number of nitrogens with zero attached hydrogens (tertiary/aromatic N) is 1. The van der Waals surface area contributed by atoms with Gasteiger partial charge < -0.3 is 20.1 Å². The van der Waals surface area contributed by atoms with Crippen LogP contribution in [0.25, 0.3) is 11.1 Å². The second kappa shape index (κ2) is 9.36. The summed E-state index contributed by atoms with van der Waals surface area (Å²) in [4.78, 5) is 38.9. The minimum absolute atomic E-state index is 0.0209. The lowest BCUT2D eigenvalue weighted by Gasteiger charge is -2.24. The van der Waals surface area contributed by atoms with Crippen LogP contribution in [0.4, 0.5) is 4.79 Å². The van der Waals surface area contributed by atoms with Gasteiger partial charge in [-0.05, 0) is 41.0 Å². The maximum absolute atomic E-state index is 12.9. The van der Waals surface area contributed by atoms with E-state index in [1.165, 1.54) is 11.1 Å². The number of hydrogen-bond donors (Lipinski definition) is 2. The summed E-state index contributed by atoms with van der Waals surface area (Å²) in [6.07, 6.45) is 2.80. The van der Waals surface area contributed by atoms with Crippen molar-refractivity contribution in [3.05, 3.63) is 59.7 Å². The molecule has 0 radical (unpaired) electrons. The third-order valence-electron chi connectivity index (χ3n) is 7.92. The van der Waals surface area contributed by atoms with Gasteiger partial charge in [-0.25, -0.2) is 4.79 Å². The summed E-state index contributed by atoms with van der Waals surface area (Å²) in [7, 11) is 0. The molecule has 0 spiro atoms. The van der Waals surface area contributed by atoms with Gasteiger partial charge in [0.15, 0.2) is 0 Å². The predicted octanol–water partition coefficient (Wildman–Crippen LogP) is 4.41. The SMILES string of the molecule is CCCC[C@H](CC(=O)N1CC2CC2(C(=O)O)C1)NC(=O)OCC1c2ccccc2-c2ccccc21. The molecule has 1 heterocycles. The van der Waals surface area contributed by atoms with Gasteiger partial charge in [0.25, 0.3) is 0 Å². The van der Waals surface area contributed by atoms with Crippen LogP contribution in [0.2, 0.25) is 0 Å². The first-order valence-corrected chi connectivity index (χ1v) is 12.6.